The van der Waals surface area contributed by atoms with E-state index in [4.69, 9.17) is 15.0 Å². The Bertz CT molecular complexity index is 5830. The fourth-order valence-corrected chi connectivity index (χ4v) is 14.1. The van der Waals surface area contributed by atoms with E-state index in [0.717, 1.165) is 127 Å². The molecule has 0 fully saturated rings. The first-order chi connectivity index (χ1) is 44.6. The van der Waals surface area contributed by atoms with Crippen molar-refractivity contribution in [1.82, 2.24) is 33.2 Å². The minimum Gasteiger partial charge on any atom is -0.309 e. The lowest BCUT2D eigenvalue weighted by atomic mass is 9.93. The summed E-state index contributed by atoms with van der Waals surface area (Å²) in [4.78, 5) is 15.8. The van der Waals surface area contributed by atoms with Gasteiger partial charge < -0.3 is 18.3 Å². The van der Waals surface area contributed by atoms with Crippen LogP contribution in [-0.2, 0) is 0 Å². The molecule has 0 N–H and O–H groups in total. The molecular weight excluding hydrogens is 1100 g/mol. The van der Waals surface area contributed by atoms with Crippen molar-refractivity contribution in [1.29, 1.82) is 5.26 Å². The van der Waals surface area contributed by atoms with E-state index in [1.54, 1.807) is 0 Å². The van der Waals surface area contributed by atoms with Gasteiger partial charge in [-0.25, -0.2) is 15.0 Å². The van der Waals surface area contributed by atoms with Crippen LogP contribution in [-0.4, -0.2) is 33.2 Å². The first kappa shape index (κ1) is 50.8. The van der Waals surface area contributed by atoms with Crippen LogP contribution in [0, 0.1) is 11.3 Å². The average molecular weight is 1150 g/mol. The van der Waals surface area contributed by atoms with Crippen molar-refractivity contribution < 1.29 is 0 Å². The molecule has 13 aromatic carbocycles. The molecule has 0 aliphatic heterocycles. The molecule has 0 unspecified atom stereocenters. The van der Waals surface area contributed by atoms with Crippen molar-refractivity contribution in [2.45, 2.75) is 0 Å². The van der Waals surface area contributed by atoms with Gasteiger partial charge in [-0.15, -0.1) is 0 Å². The Morgan fingerprint density at radius 1 is 0.233 bits per heavy atom. The van der Waals surface area contributed by atoms with Gasteiger partial charge in [-0.3, -0.25) is 0 Å². The van der Waals surface area contributed by atoms with Crippen LogP contribution >= 0.6 is 0 Å². The maximum Gasteiger partial charge on any atom is 0.164 e. The highest BCUT2D eigenvalue weighted by Crippen LogP contribution is 2.46. The van der Waals surface area contributed by atoms with E-state index in [-0.39, 0.29) is 0 Å². The van der Waals surface area contributed by atoms with Crippen molar-refractivity contribution in [3.63, 3.8) is 0 Å². The summed E-state index contributed by atoms with van der Waals surface area (Å²) in [5, 5.41) is 20.1. The summed E-state index contributed by atoms with van der Waals surface area (Å²) in [6.07, 6.45) is 0. The maximum atomic E-state index is 10.7. The lowest BCUT2D eigenvalue weighted by Crippen LogP contribution is -2.04. The van der Waals surface area contributed by atoms with E-state index < -0.39 is 0 Å². The van der Waals surface area contributed by atoms with Gasteiger partial charge in [0.25, 0.3) is 0 Å². The second-order valence-electron chi connectivity index (χ2n) is 23.0. The summed E-state index contributed by atoms with van der Waals surface area (Å²) >= 11 is 0. The van der Waals surface area contributed by atoms with Gasteiger partial charge in [-0.1, -0.05) is 200 Å². The van der Waals surface area contributed by atoms with Crippen LogP contribution in [0.25, 0.3) is 166 Å². The SMILES string of the molecule is N#Cc1ccccc1-c1ccc(-c2cc(-c3nc(-c4ccccc4)nc(-c4ccccc4)n3)ccc2-n2c3ccccc3c3cc(-n4c5ccccc5c5ccccc54)ccc32)c(-n2c3ccccc3c3cc(-n4c5ccccc5c5ccccc54)ccc32)c1. The lowest BCUT2D eigenvalue weighted by Gasteiger charge is -2.21. The zero-order valence-electron chi connectivity index (χ0n) is 48.4. The number of hydrogen-bond donors (Lipinski definition) is 0. The molecule has 18 aromatic rings. The second kappa shape index (κ2) is 20.3. The normalized spacial score (nSPS) is 11.8. The third kappa shape index (κ3) is 7.90. The van der Waals surface area contributed by atoms with Gasteiger partial charge in [0.15, 0.2) is 17.5 Å². The molecule has 8 nitrogen and oxygen atoms in total. The summed E-state index contributed by atoms with van der Waals surface area (Å²) in [6, 6.07) is 110. The Morgan fingerprint density at radius 2 is 0.600 bits per heavy atom. The number of nitriles is 1. The number of nitrogens with zero attached hydrogens (tertiary/aromatic N) is 8. The van der Waals surface area contributed by atoms with Gasteiger partial charge in [0, 0.05) is 82.3 Å². The topological polar surface area (TPSA) is 82.2 Å². The lowest BCUT2D eigenvalue weighted by molar-refractivity contribution is 1.07. The molecule has 0 spiro atoms. The average Bonchev–Trinajstić information content (AvgIpc) is 1.58. The van der Waals surface area contributed by atoms with Gasteiger partial charge in [-0.2, -0.15) is 5.26 Å². The van der Waals surface area contributed by atoms with Gasteiger partial charge in [0.05, 0.1) is 67.1 Å². The molecule has 0 saturated heterocycles. The van der Waals surface area contributed by atoms with Crippen LogP contribution in [0.2, 0.25) is 0 Å². The Morgan fingerprint density at radius 3 is 1.07 bits per heavy atom. The standard InChI is InChI=1S/C82H50N8/c83-51-56-25-7-8-26-59(56)54-39-43-66(79(48-54)90-75-38-20-14-32-65(75)69-50-58(42-46-78(69)90)88-72-35-17-11-29-62(72)63-30-12-18-36-73(63)88)67-47-55(82-85-80(52-21-3-1-4-22-52)84-81(86-82)53-23-5-2-6-24-53)40-44-76(67)89-74-37-19-13-31-64(74)68-49-57(41-45-77(68)89)87-70-33-15-9-27-60(70)61-28-10-16-34-71(61)87/h1-50H. The van der Waals surface area contributed by atoms with Crippen molar-refractivity contribution in [3.8, 4) is 85.2 Å². The molecule has 5 aromatic heterocycles. The molecule has 0 saturated carbocycles. The molecule has 0 atom stereocenters. The predicted molar refractivity (Wildman–Crippen MR) is 369 cm³/mol. The number of benzene rings is 13. The van der Waals surface area contributed by atoms with Crippen molar-refractivity contribution in [2.24, 2.45) is 0 Å². The highest BCUT2D eigenvalue weighted by Gasteiger charge is 2.25. The van der Waals surface area contributed by atoms with Crippen LogP contribution in [0.4, 0.5) is 0 Å². The summed E-state index contributed by atoms with van der Waals surface area (Å²) in [5.41, 5.74) is 19.8. The molecule has 0 aliphatic carbocycles. The maximum absolute atomic E-state index is 10.7. The van der Waals surface area contributed by atoms with Crippen molar-refractivity contribution in [3.05, 3.63) is 309 Å². The molecule has 5 heterocycles. The van der Waals surface area contributed by atoms with Gasteiger partial charge >= 0.3 is 0 Å². The van der Waals surface area contributed by atoms with Gasteiger partial charge in [0.2, 0.25) is 0 Å². The molecule has 0 amide bonds. The molecule has 0 bridgehead atoms. The first-order valence-corrected chi connectivity index (χ1v) is 30.3. The Labute approximate surface area is 516 Å². The predicted octanol–water partition coefficient (Wildman–Crippen LogP) is 20.5. The Hall–Kier alpha value is -12.4. The number of hydrogen-bond acceptors (Lipinski definition) is 4. The summed E-state index contributed by atoms with van der Waals surface area (Å²) < 4.78 is 9.65. The highest BCUT2D eigenvalue weighted by molar-refractivity contribution is 6.15. The largest absolute Gasteiger partial charge is 0.309 e. The molecule has 8 heteroatoms. The van der Waals surface area contributed by atoms with Crippen LogP contribution in [0.3, 0.4) is 0 Å². The number of rotatable bonds is 9. The van der Waals surface area contributed by atoms with Crippen LogP contribution < -0.4 is 0 Å². The molecule has 18 rings (SSSR count). The monoisotopic (exact) mass is 1150 g/mol. The van der Waals surface area contributed by atoms with Crippen LogP contribution in [0.1, 0.15) is 5.56 Å². The zero-order valence-corrected chi connectivity index (χ0v) is 48.4. The van der Waals surface area contributed by atoms with E-state index in [1.165, 1.54) is 21.5 Å². The molecule has 90 heavy (non-hydrogen) atoms. The third-order valence-corrected chi connectivity index (χ3v) is 18.1. The number of fused-ring (bicyclic) bond motifs is 12. The first-order valence-electron chi connectivity index (χ1n) is 30.3. The van der Waals surface area contributed by atoms with Crippen molar-refractivity contribution >= 4 is 87.2 Å². The van der Waals surface area contributed by atoms with Crippen molar-refractivity contribution in [2.75, 3.05) is 0 Å². The van der Waals surface area contributed by atoms with E-state index in [2.05, 4.69) is 243 Å². The minimum absolute atomic E-state index is 0.545. The van der Waals surface area contributed by atoms with Crippen LogP contribution in [0.5, 0.6) is 0 Å². The molecule has 418 valence electrons. The highest BCUT2D eigenvalue weighted by atomic mass is 15.0. The third-order valence-electron chi connectivity index (χ3n) is 18.1. The Balaban J connectivity index is 0.932. The van der Waals surface area contributed by atoms with E-state index in [1.807, 2.05) is 84.9 Å². The zero-order chi connectivity index (χ0) is 59.4. The quantitative estimate of drug-likeness (QED) is 0.144. The van der Waals surface area contributed by atoms with Gasteiger partial charge in [0.1, 0.15) is 0 Å². The fourth-order valence-electron chi connectivity index (χ4n) is 14.1. The number of aromatic nitrogens is 7. The smallest absolute Gasteiger partial charge is 0.164 e. The summed E-state index contributed by atoms with van der Waals surface area (Å²) in [6.45, 7) is 0. The van der Waals surface area contributed by atoms with E-state index >= 15 is 0 Å². The van der Waals surface area contributed by atoms with Crippen LogP contribution in [0.15, 0.2) is 303 Å². The van der Waals surface area contributed by atoms with E-state index in [0.29, 0.717) is 23.0 Å². The molecular formula is C82H50N8. The van der Waals surface area contributed by atoms with Gasteiger partial charge in [-0.05, 0) is 114 Å². The number of para-hydroxylation sites is 6. The fraction of sp³-hybridized carbons (Fsp3) is 0. The second-order valence-corrected chi connectivity index (χ2v) is 23.0. The molecule has 0 aliphatic rings. The minimum atomic E-state index is 0.545. The van der Waals surface area contributed by atoms with E-state index in [9.17, 15) is 5.26 Å². The summed E-state index contributed by atoms with van der Waals surface area (Å²) in [7, 11) is 0. The summed E-state index contributed by atoms with van der Waals surface area (Å²) in [5.74, 6) is 1.71. The molecule has 0 radical (unpaired) electrons. The Kier molecular flexibility index (Phi) is 11.5.